The Morgan fingerprint density at radius 3 is 2.33 bits per heavy atom. The lowest BCUT2D eigenvalue weighted by Crippen LogP contribution is -2.10. The minimum absolute atomic E-state index is 0.565. The van der Waals surface area contributed by atoms with Gasteiger partial charge in [0.05, 0.1) is 0 Å². The molecule has 0 aromatic heterocycles. The second-order valence-electron chi connectivity index (χ2n) is 3.79. The number of likely N-dealkylation sites (N-methyl/N-ethyl adjacent to an activating group) is 1. The summed E-state index contributed by atoms with van der Waals surface area (Å²) in [6, 6.07) is 0. The van der Waals surface area contributed by atoms with Gasteiger partial charge < -0.3 is 4.90 Å². The predicted octanol–water partition coefficient (Wildman–Crippen LogP) is 2.71. The van der Waals surface area contributed by atoms with Gasteiger partial charge in [0.15, 0.2) is 0 Å². The molecule has 1 unspecified atom stereocenters. The number of allylic oxidation sites excluding steroid dienone is 3. The van der Waals surface area contributed by atoms with Crippen LogP contribution in [0.4, 0.5) is 0 Å². The normalized spacial score (nSPS) is 13.8. The van der Waals surface area contributed by atoms with Crippen molar-refractivity contribution in [3.05, 3.63) is 23.8 Å². The summed E-state index contributed by atoms with van der Waals surface area (Å²) in [7, 11) is 4.16. The fourth-order valence-corrected chi connectivity index (χ4v) is 1.07. The summed E-state index contributed by atoms with van der Waals surface area (Å²) < 4.78 is 0. The minimum atomic E-state index is 0.565. The third-order valence-corrected chi connectivity index (χ3v) is 1.51. The van der Waals surface area contributed by atoms with Gasteiger partial charge in [-0.3, -0.25) is 0 Å². The largest absolute Gasteiger partial charge is 0.306 e. The summed E-state index contributed by atoms with van der Waals surface area (Å²) in [5.74, 6) is 0.565. The van der Waals surface area contributed by atoms with Gasteiger partial charge in [-0.1, -0.05) is 30.7 Å². The minimum Gasteiger partial charge on any atom is -0.306 e. The van der Waals surface area contributed by atoms with Crippen LogP contribution in [0.2, 0.25) is 0 Å². The SMILES string of the molecule is CC(C)=CC(C)C=CCN(C)C. The molecule has 0 aliphatic rings. The van der Waals surface area contributed by atoms with Crippen LogP contribution in [0.5, 0.6) is 0 Å². The average molecular weight is 167 g/mol. The summed E-state index contributed by atoms with van der Waals surface area (Å²) in [5.41, 5.74) is 1.39. The monoisotopic (exact) mass is 167 g/mol. The molecule has 0 bridgehead atoms. The van der Waals surface area contributed by atoms with Gasteiger partial charge >= 0.3 is 0 Å². The molecule has 0 N–H and O–H groups in total. The van der Waals surface area contributed by atoms with E-state index >= 15 is 0 Å². The van der Waals surface area contributed by atoms with Crippen molar-refractivity contribution in [3.8, 4) is 0 Å². The quantitative estimate of drug-likeness (QED) is 0.582. The molecule has 0 aromatic rings. The lowest BCUT2D eigenvalue weighted by atomic mass is 10.1. The summed E-state index contributed by atoms with van der Waals surface area (Å²) in [5, 5.41) is 0. The van der Waals surface area contributed by atoms with E-state index in [1.54, 1.807) is 0 Å². The van der Waals surface area contributed by atoms with Crippen LogP contribution in [0.3, 0.4) is 0 Å². The molecular formula is C11H21N. The smallest absolute Gasteiger partial charge is 0.0157 e. The van der Waals surface area contributed by atoms with Crippen molar-refractivity contribution < 1.29 is 0 Å². The molecule has 0 rings (SSSR count). The van der Waals surface area contributed by atoms with Crippen molar-refractivity contribution in [2.24, 2.45) is 5.92 Å². The van der Waals surface area contributed by atoms with Crippen molar-refractivity contribution in [3.63, 3.8) is 0 Å². The molecule has 12 heavy (non-hydrogen) atoms. The molecule has 1 heteroatoms. The third kappa shape index (κ3) is 7.55. The van der Waals surface area contributed by atoms with Crippen molar-refractivity contribution in [1.82, 2.24) is 4.90 Å². The molecule has 0 spiro atoms. The fourth-order valence-electron chi connectivity index (χ4n) is 1.07. The third-order valence-electron chi connectivity index (χ3n) is 1.51. The molecule has 0 saturated heterocycles. The van der Waals surface area contributed by atoms with E-state index in [4.69, 9.17) is 0 Å². The second-order valence-corrected chi connectivity index (χ2v) is 3.79. The Hall–Kier alpha value is -0.560. The highest BCUT2D eigenvalue weighted by molar-refractivity contribution is 5.04. The van der Waals surface area contributed by atoms with E-state index < -0.39 is 0 Å². The zero-order valence-electron chi connectivity index (χ0n) is 8.96. The van der Waals surface area contributed by atoms with Crippen LogP contribution in [0.25, 0.3) is 0 Å². The van der Waals surface area contributed by atoms with E-state index in [2.05, 4.69) is 58.0 Å². The molecule has 0 radical (unpaired) electrons. The molecule has 0 fully saturated rings. The van der Waals surface area contributed by atoms with Crippen molar-refractivity contribution in [2.75, 3.05) is 20.6 Å². The van der Waals surface area contributed by atoms with Crippen LogP contribution in [-0.4, -0.2) is 25.5 Å². The molecule has 0 amide bonds. The van der Waals surface area contributed by atoms with Gasteiger partial charge in [0.25, 0.3) is 0 Å². The Kier molecular flexibility index (Phi) is 5.73. The molecule has 1 atom stereocenters. The summed E-state index contributed by atoms with van der Waals surface area (Å²) in [6.45, 7) is 7.51. The molecule has 0 aliphatic carbocycles. The van der Waals surface area contributed by atoms with Crippen LogP contribution in [0.1, 0.15) is 20.8 Å². The van der Waals surface area contributed by atoms with E-state index in [9.17, 15) is 0 Å². The van der Waals surface area contributed by atoms with Crippen LogP contribution >= 0.6 is 0 Å². The maximum Gasteiger partial charge on any atom is 0.0157 e. The Labute approximate surface area is 76.8 Å². The van der Waals surface area contributed by atoms with Gasteiger partial charge in [-0.15, -0.1) is 0 Å². The Morgan fingerprint density at radius 2 is 1.92 bits per heavy atom. The van der Waals surface area contributed by atoms with E-state index in [1.165, 1.54) is 5.57 Å². The standard InChI is InChI=1S/C11H21N/c1-10(2)9-11(3)7-6-8-12(4)5/h6-7,9,11H,8H2,1-5H3. The van der Waals surface area contributed by atoms with E-state index in [-0.39, 0.29) is 0 Å². The van der Waals surface area contributed by atoms with Gasteiger partial charge in [-0.05, 0) is 33.9 Å². The maximum absolute atomic E-state index is 2.27. The van der Waals surface area contributed by atoms with Crippen LogP contribution in [0.15, 0.2) is 23.8 Å². The number of rotatable bonds is 4. The first-order valence-corrected chi connectivity index (χ1v) is 4.48. The average Bonchev–Trinajstić information content (AvgIpc) is 1.84. The summed E-state index contributed by atoms with van der Waals surface area (Å²) in [4.78, 5) is 2.16. The number of hydrogen-bond donors (Lipinski definition) is 0. The molecule has 70 valence electrons. The summed E-state index contributed by atoms with van der Waals surface area (Å²) >= 11 is 0. The topological polar surface area (TPSA) is 3.24 Å². The molecule has 0 aromatic carbocycles. The second kappa shape index (κ2) is 6.01. The highest BCUT2D eigenvalue weighted by Gasteiger charge is 1.90. The van der Waals surface area contributed by atoms with Crippen LogP contribution < -0.4 is 0 Å². The zero-order valence-corrected chi connectivity index (χ0v) is 8.96. The van der Waals surface area contributed by atoms with E-state index in [0.717, 1.165) is 6.54 Å². The van der Waals surface area contributed by atoms with Gasteiger partial charge in [-0.2, -0.15) is 0 Å². The molecule has 1 nitrogen and oxygen atoms in total. The maximum atomic E-state index is 2.27. The summed E-state index contributed by atoms with van der Waals surface area (Å²) in [6.07, 6.45) is 6.73. The van der Waals surface area contributed by atoms with E-state index in [0.29, 0.717) is 5.92 Å². The Morgan fingerprint density at radius 1 is 1.33 bits per heavy atom. The number of nitrogens with zero attached hydrogens (tertiary/aromatic N) is 1. The first kappa shape index (κ1) is 11.4. The molecule has 0 saturated carbocycles. The lowest BCUT2D eigenvalue weighted by Gasteiger charge is -2.05. The lowest BCUT2D eigenvalue weighted by molar-refractivity contribution is 0.455. The Bertz CT molecular complexity index is 162. The van der Waals surface area contributed by atoms with Crippen LogP contribution in [0, 0.1) is 5.92 Å². The zero-order chi connectivity index (χ0) is 9.56. The first-order valence-electron chi connectivity index (χ1n) is 4.48. The molecular weight excluding hydrogens is 146 g/mol. The van der Waals surface area contributed by atoms with Gasteiger partial charge in [0.1, 0.15) is 0 Å². The van der Waals surface area contributed by atoms with Gasteiger partial charge in [-0.25, -0.2) is 0 Å². The fraction of sp³-hybridized carbons (Fsp3) is 0.636. The van der Waals surface area contributed by atoms with Crippen molar-refractivity contribution in [2.45, 2.75) is 20.8 Å². The van der Waals surface area contributed by atoms with Gasteiger partial charge in [0.2, 0.25) is 0 Å². The van der Waals surface area contributed by atoms with Crippen LogP contribution in [-0.2, 0) is 0 Å². The highest BCUT2D eigenvalue weighted by atomic mass is 15.0. The van der Waals surface area contributed by atoms with E-state index in [1.807, 2.05) is 0 Å². The first-order chi connectivity index (χ1) is 5.52. The van der Waals surface area contributed by atoms with Crippen molar-refractivity contribution in [1.29, 1.82) is 0 Å². The predicted molar refractivity (Wildman–Crippen MR) is 56.3 cm³/mol. The molecule has 0 heterocycles. The number of hydrogen-bond acceptors (Lipinski definition) is 1. The van der Waals surface area contributed by atoms with Gasteiger partial charge in [0, 0.05) is 6.54 Å². The molecule has 0 aliphatic heterocycles. The highest BCUT2D eigenvalue weighted by Crippen LogP contribution is 2.03. The van der Waals surface area contributed by atoms with Crippen molar-refractivity contribution >= 4 is 0 Å². The Balaban J connectivity index is 3.76.